The maximum absolute atomic E-state index is 11.1. The van der Waals surface area contributed by atoms with Crippen LogP contribution in [0.2, 0.25) is 0 Å². The van der Waals surface area contributed by atoms with E-state index in [0.717, 1.165) is 24.8 Å². The van der Waals surface area contributed by atoms with Crippen molar-refractivity contribution in [2.24, 2.45) is 0 Å². The predicted molar refractivity (Wildman–Crippen MR) is 51.8 cm³/mol. The molecule has 2 fully saturated rings. The lowest BCUT2D eigenvalue weighted by molar-refractivity contribution is -0.158. The fourth-order valence-corrected chi connectivity index (χ4v) is 2.14. The van der Waals surface area contributed by atoms with Crippen LogP contribution >= 0.6 is 0 Å². The van der Waals surface area contributed by atoms with Crippen LogP contribution in [0.5, 0.6) is 0 Å². The van der Waals surface area contributed by atoms with Crippen LogP contribution in [0.25, 0.3) is 0 Å². The summed E-state index contributed by atoms with van der Waals surface area (Å²) in [4.78, 5) is 11.1. The average molecular weight is 196 g/mol. The van der Waals surface area contributed by atoms with Crippen LogP contribution in [0.15, 0.2) is 12.2 Å². The summed E-state index contributed by atoms with van der Waals surface area (Å²) < 4.78 is 11.0. The van der Waals surface area contributed by atoms with Gasteiger partial charge >= 0.3 is 5.97 Å². The number of carbonyl (C=O) groups is 1. The Labute approximate surface area is 84.1 Å². The van der Waals surface area contributed by atoms with Crippen LogP contribution in [0.3, 0.4) is 0 Å². The first-order valence-electron chi connectivity index (χ1n) is 5.26. The maximum Gasteiger partial charge on any atom is 0.306 e. The molecule has 0 aromatic rings. The molecule has 3 atom stereocenters. The average Bonchev–Trinajstić information content (AvgIpc) is 2.46. The molecule has 0 spiro atoms. The summed E-state index contributed by atoms with van der Waals surface area (Å²) in [6.45, 7) is 6.09. The maximum atomic E-state index is 11.1. The number of ether oxygens (including phenoxy) is 2. The molecule has 2 saturated heterocycles. The minimum absolute atomic E-state index is 0.0664. The van der Waals surface area contributed by atoms with Crippen molar-refractivity contribution in [1.29, 1.82) is 0 Å². The van der Waals surface area contributed by atoms with Crippen molar-refractivity contribution in [3.8, 4) is 0 Å². The Bertz CT molecular complexity index is 259. The summed E-state index contributed by atoms with van der Waals surface area (Å²) in [5.74, 6) is -0.117. The highest BCUT2D eigenvalue weighted by molar-refractivity contribution is 5.71. The second-order valence-corrected chi connectivity index (χ2v) is 3.98. The second-order valence-electron chi connectivity index (χ2n) is 3.98. The molecule has 3 heteroatoms. The largest absolute Gasteiger partial charge is 0.455 e. The van der Waals surface area contributed by atoms with E-state index < -0.39 is 0 Å². The quantitative estimate of drug-likeness (QED) is 0.499. The summed E-state index contributed by atoms with van der Waals surface area (Å²) in [6.07, 6.45) is 3.29. The Kier molecular flexibility index (Phi) is 2.59. The molecular formula is C11H16O3. The van der Waals surface area contributed by atoms with Crippen molar-refractivity contribution in [3.63, 3.8) is 0 Å². The summed E-state index contributed by atoms with van der Waals surface area (Å²) in [6, 6.07) is 0. The van der Waals surface area contributed by atoms with E-state index in [1.54, 1.807) is 0 Å². The Morgan fingerprint density at radius 2 is 2.36 bits per heavy atom. The number of esters is 1. The van der Waals surface area contributed by atoms with Crippen molar-refractivity contribution in [1.82, 2.24) is 0 Å². The topological polar surface area (TPSA) is 35.5 Å². The van der Waals surface area contributed by atoms with Gasteiger partial charge in [-0.2, -0.15) is 0 Å². The van der Waals surface area contributed by atoms with Crippen molar-refractivity contribution in [2.45, 2.75) is 50.9 Å². The van der Waals surface area contributed by atoms with E-state index in [0.29, 0.717) is 6.42 Å². The Morgan fingerprint density at radius 1 is 1.57 bits per heavy atom. The summed E-state index contributed by atoms with van der Waals surface area (Å²) >= 11 is 0. The Morgan fingerprint density at radius 3 is 3.07 bits per heavy atom. The monoisotopic (exact) mass is 196 g/mol. The van der Waals surface area contributed by atoms with Crippen LogP contribution in [0, 0.1) is 0 Å². The van der Waals surface area contributed by atoms with Gasteiger partial charge in [-0.3, -0.25) is 4.79 Å². The van der Waals surface area contributed by atoms with Gasteiger partial charge < -0.3 is 9.47 Å². The third-order valence-corrected chi connectivity index (χ3v) is 2.90. The minimum atomic E-state index is -0.173. The second kappa shape index (κ2) is 3.73. The highest BCUT2D eigenvalue weighted by Crippen LogP contribution is 2.35. The van der Waals surface area contributed by atoms with E-state index in [9.17, 15) is 4.79 Å². The molecule has 14 heavy (non-hydrogen) atoms. The molecule has 3 nitrogen and oxygen atoms in total. The normalized spacial score (nSPS) is 36.8. The lowest BCUT2D eigenvalue weighted by Gasteiger charge is -2.23. The zero-order chi connectivity index (χ0) is 10.1. The van der Waals surface area contributed by atoms with E-state index >= 15 is 0 Å². The first kappa shape index (κ1) is 9.71. The van der Waals surface area contributed by atoms with Gasteiger partial charge in [0.05, 0.1) is 12.2 Å². The van der Waals surface area contributed by atoms with Gasteiger partial charge in [-0.25, -0.2) is 0 Å². The van der Waals surface area contributed by atoms with Crippen molar-refractivity contribution < 1.29 is 14.3 Å². The summed E-state index contributed by atoms with van der Waals surface area (Å²) in [5.41, 5.74) is 0.949. The molecule has 0 aromatic carbocycles. The lowest BCUT2D eigenvalue weighted by Crippen LogP contribution is -2.33. The van der Waals surface area contributed by atoms with Gasteiger partial charge in [-0.05, 0) is 18.4 Å². The lowest BCUT2D eigenvalue weighted by atomic mass is 9.98. The number of rotatable bonds is 2. The van der Waals surface area contributed by atoms with Gasteiger partial charge in [0.15, 0.2) is 6.10 Å². The number of fused-ring (bicyclic) bond motifs is 1. The molecular weight excluding hydrogens is 180 g/mol. The molecule has 0 saturated carbocycles. The van der Waals surface area contributed by atoms with Crippen molar-refractivity contribution in [3.05, 3.63) is 12.2 Å². The van der Waals surface area contributed by atoms with Crippen LogP contribution in [0.1, 0.15) is 32.6 Å². The highest BCUT2D eigenvalue weighted by atomic mass is 16.6. The van der Waals surface area contributed by atoms with Gasteiger partial charge in [0.1, 0.15) is 0 Å². The molecule has 2 heterocycles. The number of hydrogen-bond donors (Lipinski definition) is 0. The van der Waals surface area contributed by atoms with Crippen LogP contribution in [0.4, 0.5) is 0 Å². The van der Waals surface area contributed by atoms with Gasteiger partial charge in [-0.15, -0.1) is 0 Å². The SMILES string of the molecule is C=C1C2OC(=O)CC[C@@H]2O[C@H]1CCC. The molecule has 2 aliphatic heterocycles. The van der Waals surface area contributed by atoms with Gasteiger partial charge in [0.2, 0.25) is 0 Å². The molecule has 78 valence electrons. The first-order chi connectivity index (χ1) is 6.72. The zero-order valence-corrected chi connectivity index (χ0v) is 8.49. The van der Waals surface area contributed by atoms with Crippen molar-refractivity contribution in [2.75, 3.05) is 0 Å². The van der Waals surface area contributed by atoms with Crippen LogP contribution < -0.4 is 0 Å². The van der Waals surface area contributed by atoms with E-state index in [4.69, 9.17) is 9.47 Å². The number of carbonyl (C=O) groups excluding carboxylic acids is 1. The van der Waals surface area contributed by atoms with Crippen LogP contribution in [-0.2, 0) is 14.3 Å². The molecule has 0 aromatic heterocycles. The van der Waals surface area contributed by atoms with E-state index in [1.165, 1.54) is 0 Å². The molecule has 0 radical (unpaired) electrons. The molecule has 0 aliphatic carbocycles. The van der Waals surface area contributed by atoms with Gasteiger partial charge in [0, 0.05) is 6.42 Å². The Balaban J connectivity index is 2.05. The van der Waals surface area contributed by atoms with Crippen LogP contribution in [-0.4, -0.2) is 24.3 Å². The molecule has 2 aliphatic rings. The fraction of sp³-hybridized carbons (Fsp3) is 0.727. The minimum Gasteiger partial charge on any atom is -0.455 e. The Hall–Kier alpha value is -0.830. The number of hydrogen-bond acceptors (Lipinski definition) is 3. The smallest absolute Gasteiger partial charge is 0.306 e. The van der Waals surface area contributed by atoms with E-state index in [1.807, 2.05) is 0 Å². The molecule has 0 bridgehead atoms. The molecule has 1 unspecified atom stereocenters. The predicted octanol–water partition coefficient (Wildman–Crippen LogP) is 1.82. The molecule has 0 N–H and O–H groups in total. The van der Waals surface area contributed by atoms with E-state index in [2.05, 4.69) is 13.5 Å². The summed E-state index contributed by atoms with van der Waals surface area (Å²) in [5, 5.41) is 0. The fourth-order valence-electron chi connectivity index (χ4n) is 2.14. The van der Waals surface area contributed by atoms with Gasteiger partial charge in [-0.1, -0.05) is 19.9 Å². The molecule has 0 amide bonds. The van der Waals surface area contributed by atoms with Gasteiger partial charge in [0.25, 0.3) is 0 Å². The third-order valence-electron chi connectivity index (χ3n) is 2.90. The molecule has 2 rings (SSSR count). The summed E-state index contributed by atoms with van der Waals surface area (Å²) in [7, 11) is 0. The highest BCUT2D eigenvalue weighted by Gasteiger charge is 2.43. The zero-order valence-electron chi connectivity index (χ0n) is 8.49. The third kappa shape index (κ3) is 1.57. The van der Waals surface area contributed by atoms with E-state index in [-0.39, 0.29) is 24.3 Å². The standard InChI is InChI=1S/C11H16O3/c1-3-4-8-7(2)11-9(13-8)5-6-10(12)14-11/h8-9,11H,2-6H2,1H3/t8-,9-,11?/m0/s1. The van der Waals surface area contributed by atoms with Crippen molar-refractivity contribution >= 4 is 5.97 Å². The first-order valence-corrected chi connectivity index (χ1v) is 5.26.